The van der Waals surface area contributed by atoms with E-state index >= 15 is 0 Å². The Labute approximate surface area is 116 Å². The van der Waals surface area contributed by atoms with Crippen molar-refractivity contribution >= 4 is 5.82 Å². The third-order valence-electron chi connectivity index (χ3n) is 3.37. The third kappa shape index (κ3) is 4.06. The van der Waals surface area contributed by atoms with E-state index in [0.29, 0.717) is 0 Å². The predicted molar refractivity (Wildman–Crippen MR) is 81.5 cm³/mol. The quantitative estimate of drug-likeness (QED) is 0.846. The summed E-state index contributed by atoms with van der Waals surface area (Å²) in [5.74, 6) is 1.10. The van der Waals surface area contributed by atoms with Crippen molar-refractivity contribution in [3.63, 3.8) is 0 Å². The molecule has 0 radical (unpaired) electrons. The Balaban J connectivity index is 2.06. The largest absolute Gasteiger partial charge is 0.353 e. The zero-order valence-electron chi connectivity index (χ0n) is 12.5. The summed E-state index contributed by atoms with van der Waals surface area (Å²) in [6.07, 6.45) is 5.58. The molecule has 1 aromatic heterocycles. The number of aryl methyl sites for hydroxylation is 1. The van der Waals surface area contributed by atoms with Gasteiger partial charge in [-0.2, -0.15) is 0 Å². The highest BCUT2D eigenvalue weighted by atomic mass is 15.2. The maximum atomic E-state index is 4.75. The Bertz CT molecular complexity index is 458. The number of hydrogen-bond acceptors (Lipinski definition) is 3. The summed E-state index contributed by atoms with van der Waals surface area (Å²) in [5, 5.41) is 3.51. The molecule has 2 heterocycles. The molecule has 0 bridgehead atoms. The fourth-order valence-electron chi connectivity index (χ4n) is 2.15. The second-order valence-electron chi connectivity index (χ2n) is 6.22. The number of rotatable bonds is 3. The number of pyridine rings is 1. The van der Waals surface area contributed by atoms with E-state index < -0.39 is 0 Å². The molecule has 19 heavy (non-hydrogen) atoms. The number of nitrogens with zero attached hydrogens (tertiary/aromatic N) is 2. The normalized spacial score (nSPS) is 15.9. The minimum Gasteiger partial charge on any atom is -0.353 e. The van der Waals surface area contributed by atoms with Crippen molar-refractivity contribution in [3.8, 4) is 0 Å². The lowest BCUT2D eigenvalue weighted by atomic mass is 10.1. The van der Waals surface area contributed by atoms with Gasteiger partial charge in [-0.3, -0.25) is 0 Å². The lowest BCUT2D eigenvalue weighted by Gasteiger charge is -2.25. The maximum Gasteiger partial charge on any atom is 0.129 e. The highest BCUT2D eigenvalue weighted by Gasteiger charge is 2.12. The summed E-state index contributed by atoms with van der Waals surface area (Å²) in [6.45, 7) is 11.6. The van der Waals surface area contributed by atoms with E-state index in [2.05, 4.69) is 62.2 Å². The van der Waals surface area contributed by atoms with Crippen molar-refractivity contribution in [1.82, 2.24) is 10.3 Å². The van der Waals surface area contributed by atoms with Crippen LogP contribution in [0.25, 0.3) is 0 Å². The monoisotopic (exact) mass is 259 g/mol. The van der Waals surface area contributed by atoms with E-state index in [1.165, 1.54) is 5.56 Å². The van der Waals surface area contributed by atoms with Gasteiger partial charge in [0.25, 0.3) is 0 Å². The van der Waals surface area contributed by atoms with Crippen molar-refractivity contribution in [2.75, 3.05) is 18.0 Å². The van der Waals surface area contributed by atoms with Crippen LogP contribution in [-0.4, -0.2) is 23.6 Å². The molecule has 2 rings (SSSR count). The van der Waals surface area contributed by atoms with Crippen LogP contribution in [0, 0.1) is 6.92 Å². The Hall–Kier alpha value is -1.35. The van der Waals surface area contributed by atoms with Crippen LogP contribution in [0.2, 0.25) is 0 Å². The molecule has 1 aliphatic rings. The number of nitrogens with one attached hydrogen (secondary N) is 1. The predicted octanol–water partition coefficient (Wildman–Crippen LogP) is 3.04. The molecule has 1 N–H and O–H groups in total. The van der Waals surface area contributed by atoms with Crippen LogP contribution in [-0.2, 0) is 6.54 Å². The molecule has 1 aromatic rings. The van der Waals surface area contributed by atoms with Gasteiger partial charge in [0.2, 0.25) is 0 Å². The van der Waals surface area contributed by atoms with Crippen LogP contribution in [0.15, 0.2) is 24.3 Å². The Morgan fingerprint density at radius 2 is 2.05 bits per heavy atom. The molecular weight excluding hydrogens is 234 g/mol. The second-order valence-corrected chi connectivity index (χ2v) is 6.22. The molecule has 1 aliphatic heterocycles. The van der Waals surface area contributed by atoms with E-state index in [1.807, 2.05) is 0 Å². The summed E-state index contributed by atoms with van der Waals surface area (Å²) >= 11 is 0. The van der Waals surface area contributed by atoms with Crippen LogP contribution in [0.3, 0.4) is 0 Å². The summed E-state index contributed by atoms with van der Waals surface area (Å²) in [5.41, 5.74) is 2.55. The number of hydrogen-bond donors (Lipinski definition) is 1. The molecule has 0 fully saturated rings. The number of anilines is 1. The van der Waals surface area contributed by atoms with Gasteiger partial charge in [0.15, 0.2) is 0 Å². The summed E-state index contributed by atoms with van der Waals surface area (Å²) < 4.78 is 0. The van der Waals surface area contributed by atoms with Gasteiger partial charge in [-0.15, -0.1) is 0 Å². The maximum absolute atomic E-state index is 4.75. The van der Waals surface area contributed by atoms with Crippen molar-refractivity contribution in [1.29, 1.82) is 0 Å². The van der Waals surface area contributed by atoms with Crippen LogP contribution in [0.1, 0.15) is 38.4 Å². The molecule has 0 amide bonds. The van der Waals surface area contributed by atoms with E-state index in [9.17, 15) is 0 Å². The van der Waals surface area contributed by atoms with Gasteiger partial charge in [0.05, 0.1) is 0 Å². The van der Waals surface area contributed by atoms with E-state index in [4.69, 9.17) is 4.98 Å². The summed E-state index contributed by atoms with van der Waals surface area (Å²) in [4.78, 5) is 7.08. The Morgan fingerprint density at radius 1 is 1.26 bits per heavy atom. The van der Waals surface area contributed by atoms with Crippen LogP contribution >= 0.6 is 0 Å². The molecule has 0 unspecified atom stereocenters. The van der Waals surface area contributed by atoms with Crippen molar-refractivity contribution in [2.24, 2.45) is 0 Å². The third-order valence-corrected chi connectivity index (χ3v) is 3.37. The van der Waals surface area contributed by atoms with Crippen molar-refractivity contribution in [3.05, 3.63) is 35.5 Å². The zero-order chi connectivity index (χ0) is 13.9. The molecule has 0 saturated carbocycles. The van der Waals surface area contributed by atoms with Crippen LogP contribution < -0.4 is 10.2 Å². The first kappa shape index (κ1) is 14.1. The van der Waals surface area contributed by atoms with Gasteiger partial charge in [0, 0.05) is 30.9 Å². The summed E-state index contributed by atoms with van der Waals surface area (Å²) in [7, 11) is 0. The molecule has 0 atom stereocenters. The molecule has 0 saturated heterocycles. The first-order valence-corrected chi connectivity index (χ1v) is 7.07. The van der Waals surface area contributed by atoms with Gasteiger partial charge in [0.1, 0.15) is 5.82 Å². The SMILES string of the molecule is Cc1nc(N2CC=CCC2)ccc1CNC(C)(C)C. The Kier molecular flexibility index (Phi) is 4.25. The van der Waals surface area contributed by atoms with Gasteiger partial charge < -0.3 is 10.2 Å². The van der Waals surface area contributed by atoms with Gasteiger partial charge in [-0.25, -0.2) is 4.98 Å². The molecule has 0 aromatic carbocycles. The van der Waals surface area contributed by atoms with E-state index in [1.54, 1.807) is 0 Å². The molecular formula is C16H25N3. The highest BCUT2D eigenvalue weighted by molar-refractivity contribution is 5.43. The molecule has 104 valence electrons. The van der Waals surface area contributed by atoms with Gasteiger partial charge >= 0.3 is 0 Å². The second kappa shape index (κ2) is 5.74. The molecule has 3 nitrogen and oxygen atoms in total. The first-order valence-electron chi connectivity index (χ1n) is 7.07. The standard InChI is InChI=1S/C16H25N3/c1-13-14(12-17-16(2,3)4)8-9-15(18-13)19-10-6-5-7-11-19/h5-6,8-9,17H,7,10-12H2,1-4H3. The Morgan fingerprint density at radius 3 is 2.63 bits per heavy atom. The average molecular weight is 259 g/mol. The van der Waals surface area contributed by atoms with Crippen molar-refractivity contribution in [2.45, 2.75) is 46.2 Å². The topological polar surface area (TPSA) is 28.2 Å². The highest BCUT2D eigenvalue weighted by Crippen LogP contribution is 2.17. The first-order chi connectivity index (χ1) is 8.96. The zero-order valence-corrected chi connectivity index (χ0v) is 12.5. The van der Waals surface area contributed by atoms with E-state index in [0.717, 1.165) is 37.6 Å². The molecule has 0 aliphatic carbocycles. The average Bonchev–Trinajstić information content (AvgIpc) is 2.37. The fourth-order valence-corrected chi connectivity index (χ4v) is 2.15. The lowest BCUT2D eigenvalue weighted by molar-refractivity contribution is 0.423. The number of aromatic nitrogens is 1. The van der Waals surface area contributed by atoms with Crippen LogP contribution in [0.5, 0.6) is 0 Å². The molecule has 3 heteroatoms. The minimum atomic E-state index is 0.142. The molecule has 0 spiro atoms. The lowest BCUT2D eigenvalue weighted by Crippen LogP contribution is -2.35. The van der Waals surface area contributed by atoms with Gasteiger partial charge in [-0.05, 0) is 45.7 Å². The summed E-state index contributed by atoms with van der Waals surface area (Å²) in [6, 6.07) is 4.35. The van der Waals surface area contributed by atoms with Gasteiger partial charge in [-0.1, -0.05) is 18.2 Å². The smallest absolute Gasteiger partial charge is 0.129 e. The van der Waals surface area contributed by atoms with Crippen molar-refractivity contribution < 1.29 is 0 Å². The van der Waals surface area contributed by atoms with Crippen LogP contribution in [0.4, 0.5) is 5.82 Å². The van der Waals surface area contributed by atoms with E-state index in [-0.39, 0.29) is 5.54 Å². The fraction of sp³-hybridized carbons (Fsp3) is 0.562. The minimum absolute atomic E-state index is 0.142.